The van der Waals surface area contributed by atoms with Gasteiger partial charge in [-0.1, -0.05) is 23.2 Å². The summed E-state index contributed by atoms with van der Waals surface area (Å²) in [6, 6.07) is 5.07. The molecular weight excluding hydrogens is 309 g/mol. The van der Waals surface area contributed by atoms with E-state index in [0.29, 0.717) is 15.7 Å². The number of amides is 1. The fraction of sp³-hybridized carbons (Fsp3) is 0.533. The average molecular weight is 329 g/mol. The summed E-state index contributed by atoms with van der Waals surface area (Å²) in [7, 11) is 0. The first kappa shape index (κ1) is 15.1. The van der Waals surface area contributed by atoms with Gasteiger partial charge in [-0.3, -0.25) is 9.69 Å². The summed E-state index contributed by atoms with van der Waals surface area (Å²) in [6.07, 6.45) is 0. The van der Waals surface area contributed by atoms with Gasteiger partial charge in [-0.05, 0) is 25.1 Å². The molecule has 0 aromatic heterocycles. The van der Waals surface area contributed by atoms with Crippen LogP contribution >= 0.6 is 23.2 Å². The van der Waals surface area contributed by atoms with Gasteiger partial charge in [-0.25, -0.2) is 0 Å². The van der Waals surface area contributed by atoms with Gasteiger partial charge in [0.05, 0.1) is 19.6 Å². The van der Waals surface area contributed by atoms with E-state index < -0.39 is 0 Å². The summed E-state index contributed by atoms with van der Waals surface area (Å²) in [6.45, 7) is 8.50. The van der Waals surface area contributed by atoms with Gasteiger partial charge in [0.15, 0.2) is 6.04 Å². The Morgan fingerprint density at radius 3 is 2.19 bits per heavy atom. The number of rotatable bonds is 3. The number of anilines is 1. The van der Waals surface area contributed by atoms with Crippen LogP contribution in [0.4, 0.5) is 5.69 Å². The van der Waals surface area contributed by atoms with Crippen LogP contribution in [0.5, 0.6) is 0 Å². The van der Waals surface area contributed by atoms with Crippen molar-refractivity contribution in [1.29, 1.82) is 0 Å². The average Bonchev–Trinajstić information content (AvgIpc) is 2.47. The summed E-state index contributed by atoms with van der Waals surface area (Å²) in [5.41, 5.74) is 0.665. The lowest BCUT2D eigenvalue weighted by Crippen LogP contribution is -2.72. The maximum absolute atomic E-state index is 12.6. The number of carbonyl (C=O) groups excluding carboxylic acids is 1. The van der Waals surface area contributed by atoms with E-state index in [1.165, 1.54) is 0 Å². The van der Waals surface area contributed by atoms with Gasteiger partial charge in [0.25, 0.3) is 5.91 Å². The molecule has 4 rings (SSSR count). The molecule has 3 aliphatic heterocycles. The Balaban J connectivity index is 1.72. The monoisotopic (exact) mass is 328 g/mol. The van der Waals surface area contributed by atoms with E-state index in [0.717, 1.165) is 43.8 Å². The highest BCUT2D eigenvalue weighted by molar-refractivity contribution is 6.35. The molecule has 1 N–H and O–H groups in total. The van der Waals surface area contributed by atoms with Crippen LogP contribution in [0.3, 0.4) is 0 Å². The molecule has 0 aliphatic carbocycles. The number of nitrogens with one attached hydrogen (secondary N) is 1. The lowest BCUT2D eigenvalue weighted by Gasteiger charge is -2.52. The molecule has 0 saturated carbocycles. The van der Waals surface area contributed by atoms with E-state index in [-0.39, 0.29) is 11.9 Å². The lowest BCUT2D eigenvalue weighted by molar-refractivity contribution is -0.953. The van der Waals surface area contributed by atoms with Crippen molar-refractivity contribution in [2.75, 3.05) is 44.6 Å². The maximum Gasteiger partial charge on any atom is 0.282 e. The molecule has 1 atom stereocenters. The van der Waals surface area contributed by atoms with Crippen LogP contribution in [-0.2, 0) is 4.79 Å². The Bertz CT molecular complexity index is 522. The van der Waals surface area contributed by atoms with Crippen LogP contribution in [0, 0.1) is 0 Å². The third kappa shape index (κ3) is 3.04. The third-order valence-corrected chi connectivity index (χ3v) is 5.35. The van der Waals surface area contributed by atoms with Crippen LogP contribution in [0.15, 0.2) is 18.2 Å². The molecule has 0 radical (unpaired) electrons. The molecule has 114 valence electrons. The zero-order valence-electron chi connectivity index (χ0n) is 12.1. The van der Waals surface area contributed by atoms with Gasteiger partial charge in [0, 0.05) is 35.4 Å². The van der Waals surface area contributed by atoms with E-state index in [2.05, 4.69) is 10.2 Å². The standard InChI is InChI=1S/C15H19Cl2N3O/c1-11(20-5-2-19(3-6-20)4-7-20)15(21)18-14-9-12(16)8-13(17)10-14/h8-11H,2-7H2,1H3/p+1/t11-/m1/s1. The molecule has 1 aromatic rings. The summed E-state index contributed by atoms with van der Waals surface area (Å²) >= 11 is 12.0. The first-order valence-electron chi connectivity index (χ1n) is 7.34. The number of halogens is 2. The van der Waals surface area contributed by atoms with Crippen LogP contribution < -0.4 is 5.32 Å². The Hall–Kier alpha value is -0.810. The zero-order valence-corrected chi connectivity index (χ0v) is 13.6. The molecule has 3 aliphatic rings. The van der Waals surface area contributed by atoms with Crippen LogP contribution in [0.1, 0.15) is 6.92 Å². The van der Waals surface area contributed by atoms with E-state index in [4.69, 9.17) is 23.2 Å². The molecule has 0 spiro atoms. The second kappa shape index (κ2) is 5.76. The highest BCUT2D eigenvalue weighted by Gasteiger charge is 2.45. The van der Waals surface area contributed by atoms with Crippen LogP contribution in [0.2, 0.25) is 10.0 Å². The van der Waals surface area contributed by atoms with Gasteiger partial charge in [0.1, 0.15) is 0 Å². The third-order valence-electron chi connectivity index (χ3n) is 4.92. The number of quaternary nitrogens is 1. The number of benzene rings is 1. The number of piperazine rings is 3. The topological polar surface area (TPSA) is 32.3 Å². The SMILES string of the molecule is C[C@H](C(=O)Nc1cc(Cl)cc(Cl)c1)[N+]12CCN(CC1)CC2. The zero-order chi connectivity index (χ0) is 15.0. The number of nitrogens with zero attached hydrogens (tertiary/aromatic N) is 2. The Labute approximate surface area is 135 Å². The van der Waals surface area contributed by atoms with E-state index >= 15 is 0 Å². The Kier molecular flexibility index (Phi) is 4.14. The second-order valence-corrected chi connectivity index (χ2v) is 6.93. The number of hydrogen-bond donors (Lipinski definition) is 1. The molecule has 3 fully saturated rings. The molecule has 21 heavy (non-hydrogen) atoms. The Morgan fingerprint density at radius 2 is 1.67 bits per heavy atom. The van der Waals surface area contributed by atoms with Crippen molar-refractivity contribution in [3.63, 3.8) is 0 Å². The minimum absolute atomic E-state index is 0.0451. The molecule has 0 unspecified atom stereocenters. The highest BCUT2D eigenvalue weighted by Crippen LogP contribution is 2.26. The van der Waals surface area contributed by atoms with E-state index in [9.17, 15) is 4.79 Å². The highest BCUT2D eigenvalue weighted by atomic mass is 35.5. The first-order valence-corrected chi connectivity index (χ1v) is 8.09. The minimum Gasteiger partial charge on any atom is -0.321 e. The molecule has 1 aromatic carbocycles. The van der Waals surface area contributed by atoms with Crippen molar-refractivity contribution < 1.29 is 9.28 Å². The van der Waals surface area contributed by atoms with Crippen molar-refractivity contribution >= 4 is 34.8 Å². The predicted molar refractivity (Wildman–Crippen MR) is 85.9 cm³/mol. The fourth-order valence-electron chi connectivity index (χ4n) is 3.39. The summed E-state index contributed by atoms with van der Waals surface area (Å²) in [5.74, 6) is 0.0451. The van der Waals surface area contributed by atoms with E-state index in [1.807, 2.05) is 6.92 Å². The van der Waals surface area contributed by atoms with Crippen molar-refractivity contribution in [3.8, 4) is 0 Å². The summed E-state index contributed by atoms with van der Waals surface area (Å²) in [5, 5.41) is 4.02. The number of hydrogen-bond acceptors (Lipinski definition) is 2. The maximum atomic E-state index is 12.6. The van der Waals surface area contributed by atoms with Crippen molar-refractivity contribution in [3.05, 3.63) is 28.2 Å². The van der Waals surface area contributed by atoms with Gasteiger partial charge >= 0.3 is 0 Å². The second-order valence-electron chi connectivity index (χ2n) is 6.05. The van der Waals surface area contributed by atoms with Gasteiger partial charge in [0.2, 0.25) is 0 Å². The molecule has 4 nitrogen and oxygen atoms in total. The van der Waals surface area contributed by atoms with Gasteiger partial charge in [-0.2, -0.15) is 0 Å². The first-order chi connectivity index (χ1) is 9.98. The lowest BCUT2D eigenvalue weighted by atomic mass is 10.1. The summed E-state index contributed by atoms with van der Waals surface area (Å²) in [4.78, 5) is 15.1. The van der Waals surface area contributed by atoms with Gasteiger partial charge < -0.3 is 9.80 Å². The normalized spacial score (nSPS) is 29.2. The molecule has 6 heteroatoms. The predicted octanol–water partition coefficient (Wildman–Crippen LogP) is 2.47. The van der Waals surface area contributed by atoms with Crippen molar-refractivity contribution in [1.82, 2.24) is 4.90 Å². The van der Waals surface area contributed by atoms with Crippen molar-refractivity contribution in [2.24, 2.45) is 0 Å². The van der Waals surface area contributed by atoms with Crippen LogP contribution in [0.25, 0.3) is 0 Å². The minimum atomic E-state index is -0.0507. The number of carbonyl (C=O) groups is 1. The Morgan fingerprint density at radius 1 is 1.14 bits per heavy atom. The smallest absolute Gasteiger partial charge is 0.282 e. The summed E-state index contributed by atoms with van der Waals surface area (Å²) < 4.78 is 0.899. The quantitative estimate of drug-likeness (QED) is 0.864. The largest absolute Gasteiger partial charge is 0.321 e. The fourth-order valence-corrected chi connectivity index (χ4v) is 3.92. The molecule has 3 heterocycles. The van der Waals surface area contributed by atoms with Gasteiger partial charge in [-0.15, -0.1) is 0 Å². The molecule has 2 bridgehead atoms. The molecule has 1 amide bonds. The molecular formula is C15H20Cl2N3O+. The van der Waals surface area contributed by atoms with E-state index in [1.54, 1.807) is 18.2 Å². The number of fused-ring (bicyclic) bond motifs is 3. The van der Waals surface area contributed by atoms with Crippen LogP contribution in [-0.4, -0.2) is 60.6 Å². The van der Waals surface area contributed by atoms with Crippen molar-refractivity contribution in [2.45, 2.75) is 13.0 Å². The molecule has 3 saturated heterocycles.